The van der Waals surface area contributed by atoms with E-state index in [-0.39, 0.29) is 56.3 Å². The Labute approximate surface area is 258 Å². The van der Waals surface area contributed by atoms with Gasteiger partial charge in [0.05, 0.1) is 19.6 Å². The fraction of sp³-hybridized carbons (Fsp3) is 0.471. The average molecular weight is 607 g/mol. The van der Waals surface area contributed by atoms with E-state index in [1.165, 1.54) is 6.08 Å². The fourth-order valence-corrected chi connectivity index (χ4v) is 5.23. The van der Waals surface area contributed by atoms with Gasteiger partial charge in [-0.25, -0.2) is 4.79 Å². The minimum Gasteiger partial charge on any atom is -0.497 e. The third-order valence-corrected chi connectivity index (χ3v) is 7.75. The predicted octanol–water partition coefficient (Wildman–Crippen LogP) is 3.83. The lowest BCUT2D eigenvalue weighted by Gasteiger charge is -2.26. The number of hydrogen-bond acceptors (Lipinski definition) is 8. The second-order valence-corrected chi connectivity index (χ2v) is 11.7. The molecule has 0 spiro atoms. The lowest BCUT2D eigenvalue weighted by molar-refractivity contribution is -0.174. The van der Waals surface area contributed by atoms with Crippen molar-refractivity contribution in [1.29, 1.82) is 0 Å². The zero-order chi connectivity index (χ0) is 31.6. The van der Waals surface area contributed by atoms with E-state index in [0.29, 0.717) is 5.75 Å². The molecule has 44 heavy (non-hydrogen) atoms. The molecule has 2 amide bonds. The second kappa shape index (κ2) is 15.5. The monoisotopic (exact) mass is 606 g/mol. The van der Waals surface area contributed by atoms with Crippen LogP contribution in [-0.4, -0.2) is 61.8 Å². The lowest BCUT2D eigenvalue weighted by Crippen LogP contribution is -2.48. The molecule has 1 saturated heterocycles. The molecule has 2 N–H and O–H groups in total. The summed E-state index contributed by atoms with van der Waals surface area (Å²) in [6, 6.07) is 16.1. The van der Waals surface area contributed by atoms with Gasteiger partial charge in [0.1, 0.15) is 24.0 Å². The molecule has 2 aromatic carbocycles. The number of nitrogens with one attached hydrogen (secondary N) is 2. The Hall–Kier alpha value is -4.18. The molecular formula is C34H42N2O8. The van der Waals surface area contributed by atoms with Crippen molar-refractivity contribution in [3.05, 3.63) is 77.9 Å². The summed E-state index contributed by atoms with van der Waals surface area (Å²) < 4.78 is 22.7. The Balaban J connectivity index is 1.54. The van der Waals surface area contributed by atoms with Crippen LogP contribution in [0.2, 0.25) is 0 Å². The summed E-state index contributed by atoms with van der Waals surface area (Å²) in [5, 5.41) is 5.47. The molecule has 0 radical (unpaired) electrons. The molecule has 6 atom stereocenters. The maximum atomic E-state index is 13.3. The number of ether oxygens (including phenoxy) is 4. The van der Waals surface area contributed by atoms with Crippen LogP contribution < -0.4 is 15.4 Å². The van der Waals surface area contributed by atoms with Crippen LogP contribution in [0.4, 0.5) is 0 Å². The molecule has 0 saturated carbocycles. The van der Waals surface area contributed by atoms with E-state index < -0.39 is 42.0 Å². The number of cyclic esters (lactones) is 2. The third-order valence-electron chi connectivity index (χ3n) is 7.75. The van der Waals surface area contributed by atoms with Gasteiger partial charge in [0.2, 0.25) is 11.8 Å². The Bertz CT molecular complexity index is 1310. The van der Waals surface area contributed by atoms with Gasteiger partial charge in [0.25, 0.3) is 0 Å². The van der Waals surface area contributed by atoms with Gasteiger partial charge in [0, 0.05) is 25.3 Å². The Kier molecular flexibility index (Phi) is 11.5. The SMILES string of the molecule is COc1ccc(C[C@H]2NC(=O)/C=C/C[C@@H]([C@H](C)[C@@H]3O[C@@H]3c3ccccc3)OC(=O)[C@@H](CC(C)C)OC(=O)CCNC2=O)cc1. The summed E-state index contributed by atoms with van der Waals surface area (Å²) in [5.74, 6) is -1.67. The van der Waals surface area contributed by atoms with E-state index in [2.05, 4.69) is 10.6 Å². The first kappa shape index (κ1) is 32.7. The summed E-state index contributed by atoms with van der Waals surface area (Å²) in [6.45, 7) is 5.77. The topological polar surface area (TPSA) is 133 Å². The van der Waals surface area contributed by atoms with Crippen LogP contribution in [0.1, 0.15) is 57.3 Å². The van der Waals surface area contributed by atoms with Crippen LogP contribution in [-0.2, 0) is 39.8 Å². The number of carbonyl (C=O) groups is 4. The van der Waals surface area contributed by atoms with Gasteiger partial charge in [-0.05, 0) is 41.7 Å². The van der Waals surface area contributed by atoms with Gasteiger partial charge >= 0.3 is 11.9 Å². The quantitative estimate of drug-likeness (QED) is 0.342. The molecule has 2 aliphatic heterocycles. The highest BCUT2D eigenvalue weighted by Crippen LogP contribution is 2.45. The fourth-order valence-electron chi connectivity index (χ4n) is 5.23. The maximum absolute atomic E-state index is 13.3. The molecular weight excluding hydrogens is 564 g/mol. The van der Waals surface area contributed by atoms with Crippen molar-refractivity contribution in [2.75, 3.05) is 13.7 Å². The first-order valence-electron chi connectivity index (χ1n) is 15.1. The zero-order valence-corrected chi connectivity index (χ0v) is 25.7. The summed E-state index contributed by atoms with van der Waals surface area (Å²) >= 11 is 0. The smallest absolute Gasteiger partial charge is 0.347 e. The first-order valence-corrected chi connectivity index (χ1v) is 15.1. The number of rotatable bonds is 8. The van der Waals surface area contributed by atoms with Crippen LogP contribution >= 0.6 is 0 Å². The van der Waals surface area contributed by atoms with Crippen molar-refractivity contribution >= 4 is 23.8 Å². The molecule has 10 heteroatoms. The molecule has 2 heterocycles. The van der Waals surface area contributed by atoms with Gasteiger partial charge in [-0.15, -0.1) is 0 Å². The van der Waals surface area contributed by atoms with Crippen molar-refractivity contribution < 1.29 is 38.1 Å². The number of methoxy groups -OCH3 is 1. The molecule has 1 fully saturated rings. The van der Waals surface area contributed by atoms with E-state index >= 15 is 0 Å². The number of amides is 2. The zero-order valence-electron chi connectivity index (χ0n) is 25.7. The lowest BCUT2D eigenvalue weighted by atomic mass is 9.93. The predicted molar refractivity (Wildman–Crippen MR) is 162 cm³/mol. The molecule has 2 aliphatic rings. The van der Waals surface area contributed by atoms with Crippen molar-refractivity contribution in [3.63, 3.8) is 0 Å². The van der Waals surface area contributed by atoms with E-state index in [0.717, 1.165) is 11.1 Å². The van der Waals surface area contributed by atoms with Gasteiger partial charge < -0.3 is 29.6 Å². The average Bonchev–Trinajstić information content (AvgIpc) is 3.81. The number of hydrogen-bond donors (Lipinski definition) is 2. The first-order chi connectivity index (χ1) is 21.1. The standard InChI is InChI=1S/C34H42N2O8/c1-21(2)19-28-34(40)43-27(22(3)31-32(44-31)24-9-6-5-7-10-24)11-8-12-29(37)36-26(33(39)35-18-17-30(38)42-28)20-23-13-15-25(41-4)16-14-23/h5-10,12-16,21-22,26-28,31-32H,11,17-20H2,1-4H3,(H,35,39)(H,36,37)/b12-8+/t22-,26+,27-,28+,31-,32+/m0/s1. The molecule has 0 bridgehead atoms. The normalized spacial score (nSPS) is 26.5. The minimum atomic E-state index is -1.10. The van der Waals surface area contributed by atoms with Crippen molar-refractivity contribution in [1.82, 2.24) is 10.6 Å². The number of epoxide rings is 1. The maximum Gasteiger partial charge on any atom is 0.347 e. The summed E-state index contributed by atoms with van der Waals surface area (Å²) in [5.41, 5.74) is 1.85. The molecule has 0 aliphatic carbocycles. The molecule has 10 nitrogen and oxygen atoms in total. The number of benzene rings is 2. The number of carbonyl (C=O) groups excluding carboxylic acids is 4. The highest BCUT2D eigenvalue weighted by molar-refractivity contribution is 5.93. The van der Waals surface area contributed by atoms with Crippen LogP contribution in [0.15, 0.2) is 66.7 Å². The van der Waals surface area contributed by atoms with E-state index in [4.69, 9.17) is 18.9 Å². The summed E-state index contributed by atoms with van der Waals surface area (Å²) in [4.78, 5) is 52.2. The van der Waals surface area contributed by atoms with E-state index in [9.17, 15) is 19.2 Å². The van der Waals surface area contributed by atoms with Crippen LogP contribution in [0.3, 0.4) is 0 Å². The van der Waals surface area contributed by atoms with Crippen LogP contribution in [0, 0.1) is 11.8 Å². The van der Waals surface area contributed by atoms with Crippen molar-refractivity contribution in [3.8, 4) is 5.75 Å². The van der Waals surface area contributed by atoms with Gasteiger partial charge in [0.15, 0.2) is 6.10 Å². The van der Waals surface area contributed by atoms with E-state index in [1.807, 2.05) is 63.2 Å². The molecule has 2 aromatic rings. The van der Waals surface area contributed by atoms with E-state index in [1.54, 1.807) is 25.3 Å². The molecule has 0 unspecified atom stereocenters. The highest BCUT2D eigenvalue weighted by atomic mass is 16.6. The van der Waals surface area contributed by atoms with Gasteiger partial charge in [-0.2, -0.15) is 0 Å². The van der Waals surface area contributed by atoms with Crippen molar-refractivity contribution in [2.24, 2.45) is 11.8 Å². The Morgan fingerprint density at radius 1 is 0.955 bits per heavy atom. The third kappa shape index (κ3) is 9.41. The van der Waals surface area contributed by atoms with Crippen molar-refractivity contribution in [2.45, 2.75) is 76.9 Å². The molecule has 236 valence electrons. The number of esters is 2. The van der Waals surface area contributed by atoms with Gasteiger partial charge in [-0.3, -0.25) is 14.4 Å². The highest BCUT2D eigenvalue weighted by Gasteiger charge is 2.47. The molecule has 0 aromatic heterocycles. The minimum absolute atomic E-state index is 0.0223. The largest absolute Gasteiger partial charge is 0.497 e. The Morgan fingerprint density at radius 3 is 2.36 bits per heavy atom. The summed E-state index contributed by atoms with van der Waals surface area (Å²) in [6.07, 6.45) is 1.50. The summed E-state index contributed by atoms with van der Waals surface area (Å²) in [7, 11) is 1.57. The van der Waals surface area contributed by atoms with Crippen LogP contribution in [0.5, 0.6) is 5.75 Å². The second-order valence-electron chi connectivity index (χ2n) is 11.7. The van der Waals surface area contributed by atoms with Crippen LogP contribution in [0.25, 0.3) is 0 Å². The van der Waals surface area contributed by atoms with Gasteiger partial charge in [-0.1, -0.05) is 69.3 Å². The molecule has 4 rings (SSSR count). The Morgan fingerprint density at radius 2 is 1.68 bits per heavy atom.